The minimum atomic E-state index is -0.132. The Morgan fingerprint density at radius 3 is 2.67 bits per heavy atom. The predicted molar refractivity (Wildman–Crippen MR) is 114 cm³/mol. The number of carbonyl (C=O) groups excluding carboxylic acids is 1. The van der Waals surface area contributed by atoms with Crippen molar-refractivity contribution in [2.45, 2.75) is 20.4 Å². The second-order valence-corrected chi connectivity index (χ2v) is 6.94. The number of amides is 1. The molecule has 0 aliphatic rings. The summed E-state index contributed by atoms with van der Waals surface area (Å²) >= 11 is 0. The second-order valence-electron chi connectivity index (χ2n) is 6.94. The molecule has 2 aromatic heterocycles. The summed E-state index contributed by atoms with van der Waals surface area (Å²) in [6.45, 7) is 4.06. The summed E-state index contributed by atoms with van der Waals surface area (Å²) in [5.74, 6) is 1.52. The van der Waals surface area contributed by atoms with E-state index >= 15 is 0 Å². The number of hydrogen-bond donors (Lipinski definition) is 1. The standard InChI is InChI=1S/C23H22N4O3/c1-15-12-20(23-25-22(26-30-23)17-8-5-4-6-9-17)16(2)27(15)14-21(28)24-18-10-7-11-19(13-18)29-3/h4-13H,14H2,1-3H3,(H,24,28). The van der Waals surface area contributed by atoms with Gasteiger partial charge in [0.2, 0.25) is 11.7 Å². The average molecular weight is 402 g/mol. The van der Waals surface area contributed by atoms with Crippen LogP contribution in [0.1, 0.15) is 11.4 Å². The monoisotopic (exact) mass is 402 g/mol. The van der Waals surface area contributed by atoms with E-state index in [1.54, 1.807) is 13.2 Å². The summed E-state index contributed by atoms with van der Waals surface area (Å²) in [4.78, 5) is 17.1. The lowest BCUT2D eigenvalue weighted by Gasteiger charge is -2.11. The van der Waals surface area contributed by atoms with Crippen LogP contribution in [-0.4, -0.2) is 27.7 Å². The summed E-state index contributed by atoms with van der Waals surface area (Å²) in [6, 6.07) is 18.9. The zero-order valence-corrected chi connectivity index (χ0v) is 17.0. The normalized spacial score (nSPS) is 10.8. The van der Waals surface area contributed by atoms with Crippen LogP contribution in [0.2, 0.25) is 0 Å². The molecular weight excluding hydrogens is 380 g/mol. The summed E-state index contributed by atoms with van der Waals surface area (Å²) < 4.78 is 12.6. The number of hydrogen-bond acceptors (Lipinski definition) is 5. The maximum absolute atomic E-state index is 12.6. The van der Waals surface area contributed by atoms with Gasteiger partial charge in [-0.2, -0.15) is 4.98 Å². The van der Waals surface area contributed by atoms with Crippen LogP contribution >= 0.6 is 0 Å². The first-order valence-corrected chi connectivity index (χ1v) is 9.55. The van der Waals surface area contributed by atoms with Gasteiger partial charge in [0.1, 0.15) is 12.3 Å². The maximum Gasteiger partial charge on any atom is 0.260 e. The number of anilines is 1. The van der Waals surface area contributed by atoms with Crippen molar-refractivity contribution in [3.63, 3.8) is 0 Å². The molecule has 0 spiro atoms. The van der Waals surface area contributed by atoms with E-state index in [2.05, 4.69) is 15.5 Å². The van der Waals surface area contributed by atoms with E-state index in [9.17, 15) is 4.79 Å². The molecule has 0 radical (unpaired) electrons. The van der Waals surface area contributed by atoms with Gasteiger partial charge in [0, 0.05) is 28.7 Å². The number of methoxy groups -OCH3 is 1. The highest BCUT2D eigenvalue weighted by Crippen LogP contribution is 2.28. The molecule has 4 rings (SSSR count). The van der Waals surface area contributed by atoms with Crippen LogP contribution in [0, 0.1) is 13.8 Å². The van der Waals surface area contributed by atoms with Crippen molar-refractivity contribution in [3.05, 3.63) is 72.1 Å². The molecule has 4 aromatic rings. The van der Waals surface area contributed by atoms with Gasteiger partial charge in [-0.25, -0.2) is 0 Å². The number of aromatic nitrogens is 3. The third-order valence-corrected chi connectivity index (χ3v) is 4.92. The van der Waals surface area contributed by atoms with E-state index in [0.717, 1.165) is 22.5 Å². The van der Waals surface area contributed by atoms with E-state index in [-0.39, 0.29) is 12.5 Å². The molecule has 2 aromatic carbocycles. The Labute approximate surface area is 174 Å². The lowest BCUT2D eigenvalue weighted by atomic mass is 10.2. The maximum atomic E-state index is 12.6. The molecule has 0 bridgehead atoms. The van der Waals surface area contributed by atoms with Gasteiger partial charge >= 0.3 is 0 Å². The molecule has 7 heteroatoms. The fourth-order valence-electron chi connectivity index (χ4n) is 3.34. The van der Waals surface area contributed by atoms with Crippen LogP contribution < -0.4 is 10.1 Å². The van der Waals surface area contributed by atoms with Crippen molar-refractivity contribution in [1.29, 1.82) is 0 Å². The van der Waals surface area contributed by atoms with Crippen LogP contribution in [0.25, 0.3) is 22.8 Å². The first-order valence-electron chi connectivity index (χ1n) is 9.55. The molecule has 30 heavy (non-hydrogen) atoms. The minimum absolute atomic E-state index is 0.132. The Morgan fingerprint density at radius 1 is 1.10 bits per heavy atom. The average Bonchev–Trinajstić information content (AvgIpc) is 3.35. The molecule has 7 nitrogen and oxygen atoms in total. The molecule has 0 aliphatic heterocycles. The van der Waals surface area contributed by atoms with Gasteiger partial charge in [0.25, 0.3) is 5.89 Å². The Kier molecular flexibility index (Phi) is 5.34. The Balaban J connectivity index is 1.54. The van der Waals surface area contributed by atoms with Crippen LogP contribution in [0.5, 0.6) is 5.75 Å². The smallest absolute Gasteiger partial charge is 0.260 e. The highest BCUT2D eigenvalue weighted by atomic mass is 16.5. The van der Waals surface area contributed by atoms with Crippen LogP contribution in [0.3, 0.4) is 0 Å². The number of benzene rings is 2. The number of carbonyl (C=O) groups is 1. The highest BCUT2D eigenvalue weighted by molar-refractivity contribution is 5.91. The molecule has 1 amide bonds. The Bertz CT molecular complexity index is 1180. The summed E-state index contributed by atoms with van der Waals surface area (Å²) in [7, 11) is 1.59. The number of nitrogens with zero attached hydrogens (tertiary/aromatic N) is 3. The molecule has 1 N–H and O–H groups in total. The first-order chi connectivity index (χ1) is 14.5. The number of nitrogens with one attached hydrogen (secondary N) is 1. The van der Waals surface area contributed by atoms with E-state index < -0.39 is 0 Å². The van der Waals surface area contributed by atoms with Gasteiger partial charge in [0.05, 0.1) is 12.7 Å². The SMILES string of the molecule is COc1cccc(NC(=O)Cn2c(C)cc(-c3nc(-c4ccccc4)no3)c2C)c1. The van der Waals surface area contributed by atoms with Crippen LogP contribution in [-0.2, 0) is 11.3 Å². The molecule has 0 fully saturated rings. The van der Waals surface area contributed by atoms with E-state index in [4.69, 9.17) is 9.26 Å². The largest absolute Gasteiger partial charge is 0.497 e. The lowest BCUT2D eigenvalue weighted by molar-refractivity contribution is -0.116. The van der Waals surface area contributed by atoms with Crippen LogP contribution in [0.15, 0.2) is 65.2 Å². The summed E-state index contributed by atoms with van der Waals surface area (Å²) in [6.07, 6.45) is 0. The molecule has 0 aliphatic carbocycles. The molecular formula is C23H22N4O3. The molecule has 0 atom stereocenters. The van der Waals surface area contributed by atoms with Crippen molar-refractivity contribution < 1.29 is 14.1 Å². The summed E-state index contributed by atoms with van der Waals surface area (Å²) in [5.41, 5.74) is 4.21. The topological polar surface area (TPSA) is 82.2 Å². The van der Waals surface area contributed by atoms with Gasteiger partial charge < -0.3 is 19.1 Å². The van der Waals surface area contributed by atoms with Crippen molar-refractivity contribution in [1.82, 2.24) is 14.7 Å². The fraction of sp³-hybridized carbons (Fsp3) is 0.174. The van der Waals surface area contributed by atoms with Gasteiger partial charge in [0.15, 0.2) is 0 Å². The van der Waals surface area contributed by atoms with Crippen molar-refractivity contribution >= 4 is 11.6 Å². The molecule has 2 heterocycles. The zero-order valence-electron chi connectivity index (χ0n) is 17.0. The molecule has 0 saturated carbocycles. The number of aryl methyl sites for hydroxylation is 1. The fourth-order valence-corrected chi connectivity index (χ4v) is 3.34. The Morgan fingerprint density at radius 2 is 1.90 bits per heavy atom. The van der Waals surface area contributed by atoms with E-state index in [1.807, 2.05) is 73.0 Å². The van der Waals surface area contributed by atoms with Gasteiger partial charge in [-0.1, -0.05) is 41.6 Å². The number of ether oxygens (including phenoxy) is 1. The van der Waals surface area contributed by atoms with Crippen LogP contribution in [0.4, 0.5) is 5.69 Å². The number of rotatable bonds is 6. The molecule has 0 unspecified atom stereocenters. The summed E-state index contributed by atoms with van der Waals surface area (Å²) in [5, 5.41) is 6.99. The van der Waals surface area contributed by atoms with Crippen molar-refractivity contribution in [3.8, 4) is 28.6 Å². The Hall–Kier alpha value is -3.87. The zero-order chi connectivity index (χ0) is 21.1. The lowest BCUT2D eigenvalue weighted by Crippen LogP contribution is -2.20. The predicted octanol–water partition coefficient (Wildman–Crippen LogP) is 4.47. The second kappa shape index (κ2) is 8.24. The van der Waals surface area contributed by atoms with Gasteiger partial charge in [-0.15, -0.1) is 0 Å². The third-order valence-electron chi connectivity index (χ3n) is 4.92. The third kappa shape index (κ3) is 3.96. The molecule has 0 saturated heterocycles. The first kappa shape index (κ1) is 19.4. The molecule has 152 valence electrons. The highest BCUT2D eigenvalue weighted by Gasteiger charge is 2.18. The van der Waals surface area contributed by atoms with Crippen molar-refractivity contribution in [2.24, 2.45) is 0 Å². The minimum Gasteiger partial charge on any atom is -0.497 e. The van der Waals surface area contributed by atoms with E-state index in [1.165, 1.54) is 0 Å². The van der Waals surface area contributed by atoms with E-state index in [0.29, 0.717) is 23.2 Å². The van der Waals surface area contributed by atoms with Crippen molar-refractivity contribution in [2.75, 3.05) is 12.4 Å². The van der Waals surface area contributed by atoms with Gasteiger partial charge in [-0.3, -0.25) is 4.79 Å². The van der Waals surface area contributed by atoms with Gasteiger partial charge in [-0.05, 0) is 32.0 Å². The quantitative estimate of drug-likeness (QED) is 0.515.